The zero-order valence-corrected chi connectivity index (χ0v) is 18.3. The van der Waals surface area contributed by atoms with E-state index in [2.05, 4.69) is 20.5 Å². The van der Waals surface area contributed by atoms with E-state index in [1.54, 1.807) is 19.2 Å². The molecule has 0 amide bonds. The van der Waals surface area contributed by atoms with Crippen molar-refractivity contribution in [2.24, 2.45) is 26.2 Å². The Hall–Kier alpha value is -4.39. The minimum Gasteiger partial charge on any atom is -0.493 e. The molecule has 0 unspecified atom stereocenters. The summed E-state index contributed by atoms with van der Waals surface area (Å²) in [4.78, 5) is 55.4. The van der Waals surface area contributed by atoms with Gasteiger partial charge < -0.3 is 9.67 Å². The minimum absolute atomic E-state index is 0.0960. The second kappa shape index (κ2) is 7.94. The van der Waals surface area contributed by atoms with Crippen LogP contribution >= 0.6 is 11.6 Å². The maximum atomic E-state index is 12.5. The lowest BCUT2D eigenvalue weighted by Gasteiger charge is -2.09. The van der Waals surface area contributed by atoms with Crippen molar-refractivity contribution >= 4 is 34.9 Å². The van der Waals surface area contributed by atoms with Crippen molar-refractivity contribution in [2.75, 3.05) is 5.43 Å². The van der Waals surface area contributed by atoms with Gasteiger partial charge >= 0.3 is 11.4 Å². The number of anilines is 1. The van der Waals surface area contributed by atoms with E-state index in [0.717, 1.165) is 15.3 Å². The molecule has 0 bridgehead atoms. The zero-order valence-electron chi connectivity index (χ0n) is 17.5. The molecule has 0 aliphatic carbocycles. The van der Waals surface area contributed by atoms with E-state index in [4.69, 9.17) is 11.6 Å². The number of rotatable bonds is 4. The van der Waals surface area contributed by atoms with Gasteiger partial charge in [0, 0.05) is 26.2 Å². The molecule has 0 spiro atoms. The largest absolute Gasteiger partial charge is 0.493 e. The highest BCUT2D eigenvalue weighted by molar-refractivity contribution is 6.30. The molecule has 3 heterocycles. The lowest BCUT2D eigenvalue weighted by Crippen LogP contribution is -2.37. The van der Waals surface area contributed by atoms with Gasteiger partial charge in [-0.2, -0.15) is 10.1 Å². The number of hydrazone groups is 1. The first kappa shape index (κ1) is 21.8. The zero-order chi connectivity index (χ0) is 24.0. The topological polar surface area (TPSA) is 161 Å². The number of aromatic nitrogens is 6. The SMILES string of the molecule is Cn1c(=O)c2c(nc(N/N=C/c3c(O)n(-c4cccc(Cl)c4)c(=O)[nH]c3=O)n2C)n(C)c1=O. The number of hydrogen-bond acceptors (Lipinski definition) is 8. The number of aryl methyl sites for hydroxylation is 2. The number of benzene rings is 1. The Morgan fingerprint density at radius 2 is 1.85 bits per heavy atom. The van der Waals surface area contributed by atoms with Gasteiger partial charge in [0.2, 0.25) is 11.8 Å². The molecule has 0 atom stereocenters. The number of imidazole rings is 1. The number of aromatic hydroxyl groups is 1. The summed E-state index contributed by atoms with van der Waals surface area (Å²) in [6.45, 7) is 0. The number of H-pyrrole nitrogens is 1. The number of hydrogen-bond donors (Lipinski definition) is 3. The second-order valence-corrected chi connectivity index (χ2v) is 7.49. The van der Waals surface area contributed by atoms with E-state index in [1.165, 1.54) is 35.4 Å². The predicted molar refractivity (Wildman–Crippen MR) is 122 cm³/mol. The van der Waals surface area contributed by atoms with Crippen LogP contribution in [0, 0.1) is 0 Å². The molecule has 0 aliphatic rings. The average molecular weight is 473 g/mol. The van der Waals surface area contributed by atoms with Crippen LogP contribution in [0.5, 0.6) is 5.88 Å². The Kier molecular flexibility index (Phi) is 5.25. The highest BCUT2D eigenvalue weighted by Crippen LogP contribution is 2.19. The van der Waals surface area contributed by atoms with Gasteiger partial charge in [-0.1, -0.05) is 17.7 Å². The fourth-order valence-corrected chi connectivity index (χ4v) is 3.47. The third kappa shape index (κ3) is 3.53. The molecule has 33 heavy (non-hydrogen) atoms. The first-order valence-electron chi connectivity index (χ1n) is 9.37. The molecule has 4 aromatic rings. The fraction of sp³-hybridized carbons (Fsp3) is 0.158. The van der Waals surface area contributed by atoms with Gasteiger partial charge in [-0.15, -0.1) is 0 Å². The highest BCUT2D eigenvalue weighted by Gasteiger charge is 2.17. The van der Waals surface area contributed by atoms with Crippen molar-refractivity contribution in [1.82, 2.24) is 28.2 Å². The third-order valence-electron chi connectivity index (χ3n) is 5.02. The lowest BCUT2D eigenvalue weighted by molar-refractivity contribution is 0.430. The van der Waals surface area contributed by atoms with E-state index >= 15 is 0 Å². The number of nitrogens with zero attached hydrogens (tertiary/aromatic N) is 6. The third-order valence-corrected chi connectivity index (χ3v) is 5.26. The van der Waals surface area contributed by atoms with Gasteiger partial charge in [-0.05, 0) is 18.2 Å². The smallest absolute Gasteiger partial charge is 0.335 e. The number of fused-ring (bicyclic) bond motifs is 1. The Balaban J connectivity index is 1.77. The fourth-order valence-electron chi connectivity index (χ4n) is 3.28. The van der Waals surface area contributed by atoms with E-state index in [9.17, 15) is 24.3 Å². The van der Waals surface area contributed by atoms with Gasteiger partial charge in [-0.25, -0.2) is 19.6 Å². The van der Waals surface area contributed by atoms with Gasteiger partial charge in [-0.3, -0.25) is 23.7 Å². The summed E-state index contributed by atoms with van der Waals surface area (Å²) in [5.41, 5.74) is -0.0358. The number of nitrogens with one attached hydrogen (secondary N) is 2. The Bertz CT molecular complexity index is 1690. The maximum Gasteiger partial charge on any atom is 0.335 e. The molecule has 3 N–H and O–H groups in total. The molecule has 13 nitrogen and oxygen atoms in total. The molecular weight excluding hydrogens is 456 g/mol. The molecule has 0 saturated carbocycles. The highest BCUT2D eigenvalue weighted by atomic mass is 35.5. The van der Waals surface area contributed by atoms with Crippen LogP contribution in [0.3, 0.4) is 0 Å². The van der Waals surface area contributed by atoms with E-state index < -0.39 is 28.4 Å². The quantitative estimate of drug-likeness (QED) is 0.269. The first-order valence-corrected chi connectivity index (χ1v) is 9.75. The van der Waals surface area contributed by atoms with Crippen LogP contribution in [0.25, 0.3) is 16.9 Å². The minimum atomic E-state index is -0.873. The molecule has 0 saturated heterocycles. The summed E-state index contributed by atoms with van der Waals surface area (Å²) >= 11 is 5.95. The van der Waals surface area contributed by atoms with Crippen LogP contribution in [-0.4, -0.2) is 39.6 Å². The summed E-state index contributed by atoms with van der Waals surface area (Å²) in [5.74, 6) is -0.559. The van der Waals surface area contributed by atoms with Crippen molar-refractivity contribution in [3.63, 3.8) is 0 Å². The first-order chi connectivity index (χ1) is 15.6. The Labute approximate surface area is 188 Å². The van der Waals surface area contributed by atoms with Crippen LogP contribution in [0.4, 0.5) is 5.95 Å². The van der Waals surface area contributed by atoms with Crippen molar-refractivity contribution < 1.29 is 5.11 Å². The van der Waals surface area contributed by atoms with Crippen LogP contribution in [0.1, 0.15) is 5.56 Å². The summed E-state index contributed by atoms with van der Waals surface area (Å²) in [7, 11) is 4.37. The van der Waals surface area contributed by atoms with Crippen LogP contribution in [0.2, 0.25) is 5.02 Å². The van der Waals surface area contributed by atoms with Gasteiger partial charge in [0.15, 0.2) is 11.2 Å². The Morgan fingerprint density at radius 1 is 1.12 bits per heavy atom. The number of halogens is 1. The second-order valence-electron chi connectivity index (χ2n) is 7.05. The van der Waals surface area contributed by atoms with Crippen LogP contribution in [0.15, 0.2) is 48.5 Å². The van der Waals surface area contributed by atoms with Crippen molar-refractivity contribution in [3.8, 4) is 11.6 Å². The van der Waals surface area contributed by atoms with Crippen molar-refractivity contribution in [3.05, 3.63) is 76.5 Å². The molecule has 3 aromatic heterocycles. The summed E-state index contributed by atoms with van der Waals surface area (Å²) in [6, 6.07) is 6.12. The summed E-state index contributed by atoms with van der Waals surface area (Å²) in [5, 5.41) is 14.8. The number of aromatic amines is 1. The van der Waals surface area contributed by atoms with Crippen LogP contribution in [-0.2, 0) is 21.1 Å². The molecule has 0 aliphatic heterocycles. The predicted octanol–water partition coefficient (Wildman–Crippen LogP) is -0.385. The lowest BCUT2D eigenvalue weighted by atomic mass is 10.3. The summed E-state index contributed by atoms with van der Waals surface area (Å²) in [6.07, 6.45) is 0.991. The van der Waals surface area contributed by atoms with Crippen molar-refractivity contribution in [1.29, 1.82) is 0 Å². The maximum absolute atomic E-state index is 12.5. The van der Waals surface area contributed by atoms with Gasteiger partial charge in [0.1, 0.15) is 5.56 Å². The molecule has 4 rings (SSSR count). The molecular formula is C19H17ClN8O5. The average Bonchev–Trinajstić information content (AvgIpc) is 3.09. The Morgan fingerprint density at radius 3 is 2.55 bits per heavy atom. The van der Waals surface area contributed by atoms with Crippen LogP contribution < -0.4 is 27.9 Å². The van der Waals surface area contributed by atoms with E-state index in [1.807, 2.05) is 0 Å². The normalized spacial score (nSPS) is 11.5. The molecule has 0 radical (unpaired) electrons. The monoisotopic (exact) mass is 472 g/mol. The van der Waals surface area contributed by atoms with Gasteiger partial charge in [0.25, 0.3) is 11.1 Å². The van der Waals surface area contributed by atoms with Gasteiger partial charge in [0.05, 0.1) is 11.9 Å². The van der Waals surface area contributed by atoms with E-state index in [-0.39, 0.29) is 28.4 Å². The standard InChI is InChI=1S/C19H17ClN8O5/c1-25-12-13(26(2)19(33)27(3)16(12)31)22-17(25)24-21-8-11-14(29)23-18(32)28(15(11)30)10-6-4-5-9(20)7-10/h4-8,30H,1-3H3,(H,22,24)(H,23,29,32)/b21-8+. The molecule has 1 aromatic carbocycles. The van der Waals surface area contributed by atoms with Crippen molar-refractivity contribution in [2.45, 2.75) is 0 Å². The summed E-state index contributed by atoms with van der Waals surface area (Å²) < 4.78 is 4.42. The van der Waals surface area contributed by atoms with E-state index in [0.29, 0.717) is 5.02 Å². The molecule has 14 heteroatoms. The molecule has 170 valence electrons. The molecule has 0 fully saturated rings.